The molecule has 1 rings (SSSR count). The van der Waals surface area contributed by atoms with Crippen LogP contribution < -0.4 is 10.6 Å². The molecule has 0 atom stereocenters. The summed E-state index contributed by atoms with van der Waals surface area (Å²) >= 11 is 0. The van der Waals surface area contributed by atoms with E-state index in [-0.39, 0.29) is 0 Å². The van der Waals surface area contributed by atoms with Gasteiger partial charge in [-0.1, -0.05) is 0 Å². The summed E-state index contributed by atoms with van der Waals surface area (Å²) in [6.45, 7) is 4.56. The summed E-state index contributed by atoms with van der Waals surface area (Å²) < 4.78 is 0. The molecule has 0 fully saturated rings. The van der Waals surface area contributed by atoms with Crippen molar-refractivity contribution in [2.24, 2.45) is 0 Å². The first kappa shape index (κ1) is 8.93. The van der Waals surface area contributed by atoms with Crippen molar-refractivity contribution < 1.29 is 0 Å². The van der Waals surface area contributed by atoms with Crippen molar-refractivity contribution in [1.29, 1.82) is 0 Å². The van der Waals surface area contributed by atoms with Gasteiger partial charge < -0.3 is 10.6 Å². The topological polar surface area (TPSA) is 49.8 Å². The monoisotopic (exact) mass is 166 g/mol. The van der Waals surface area contributed by atoms with E-state index in [0.717, 1.165) is 24.0 Å². The largest absolute Gasteiger partial charge is 0.357 e. The van der Waals surface area contributed by atoms with Gasteiger partial charge in [0.1, 0.15) is 11.6 Å². The minimum Gasteiger partial charge on any atom is -0.357 e. The average Bonchev–Trinajstić information content (AvgIpc) is 1.99. The quantitative estimate of drug-likeness (QED) is 0.648. The van der Waals surface area contributed by atoms with Crippen LogP contribution in [0.15, 0.2) is 6.07 Å². The van der Waals surface area contributed by atoms with Crippen LogP contribution in [0.3, 0.4) is 0 Å². The van der Waals surface area contributed by atoms with Crippen molar-refractivity contribution >= 4 is 5.82 Å². The normalized spacial score (nSPS) is 9.92. The summed E-state index contributed by atoms with van der Waals surface area (Å²) in [6, 6.07) is 1.92. The number of aromatic nitrogens is 2. The number of aryl methyl sites for hydroxylation is 2. The summed E-state index contributed by atoms with van der Waals surface area (Å²) in [6.07, 6.45) is 0. The molecule has 0 saturated heterocycles. The van der Waals surface area contributed by atoms with Crippen LogP contribution in [0.2, 0.25) is 0 Å². The lowest BCUT2D eigenvalue weighted by atomic mass is 10.4. The van der Waals surface area contributed by atoms with Crippen LogP contribution in [-0.2, 0) is 0 Å². The second-order valence-electron chi connectivity index (χ2n) is 2.65. The molecule has 0 aliphatic carbocycles. The molecule has 1 aromatic heterocycles. The SMILES string of the molecule is CNCNc1cc(C)nc(C)n1. The Hall–Kier alpha value is -1.16. The fraction of sp³-hybridized carbons (Fsp3) is 0.500. The van der Waals surface area contributed by atoms with Gasteiger partial charge in [-0.3, -0.25) is 0 Å². The molecule has 0 radical (unpaired) electrons. The Kier molecular flexibility index (Phi) is 2.99. The Morgan fingerprint density at radius 1 is 1.33 bits per heavy atom. The fourth-order valence-electron chi connectivity index (χ4n) is 0.986. The van der Waals surface area contributed by atoms with Crippen molar-refractivity contribution in [3.63, 3.8) is 0 Å². The van der Waals surface area contributed by atoms with Gasteiger partial charge in [0.25, 0.3) is 0 Å². The van der Waals surface area contributed by atoms with Gasteiger partial charge in [-0.05, 0) is 20.9 Å². The van der Waals surface area contributed by atoms with E-state index in [1.807, 2.05) is 27.0 Å². The zero-order valence-corrected chi connectivity index (χ0v) is 7.68. The third kappa shape index (κ3) is 2.47. The third-order valence-corrected chi connectivity index (χ3v) is 1.41. The lowest BCUT2D eigenvalue weighted by molar-refractivity contribution is 0.862. The van der Waals surface area contributed by atoms with Gasteiger partial charge in [-0.15, -0.1) is 0 Å². The van der Waals surface area contributed by atoms with Crippen molar-refractivity contribution in [2.45, 2.75) is 13.8 Å². The Morgan fingerprint density at radius 2 is 2.08 bits per heavy atom. The second-order valence-corrected chi connectivity index (χ2v) is 2.65. The highest BCUT2D eigenvalue weighted by Gasteiger charge is 1.95. The van der Waals surface area contributed by atoms with Crippen LogP contribution in [0.4, 0.5) is 5.82 Å². The van der Waals surface area contributed by atoms with E-state index >= 15 is 0 Å². The first-order valence-electron chi connectivity index (χ1n) is 3.93. The molecule has 4 nitrogen and oxygen atoms in total. The summed E-state index contributed by atoms with van der Waals surface area (Å²) in [5.74, 6) is 1.67. The Balaban J connectivity index is 2.72. The van der Waals surface area contributed by atoms with Gasteiger partial charge in [0.05, 0.1) is 6.67 Å². The molecule has 4 heteroatoms. The Bertz CT molecular complexity index is 239. The van der Waals surface area contributed by atoms with Crippen molar-refractivity contribution in [2.75, 3.05) is 19.0 Å². The summed E-state index contributed by atoms with van der Waals surface area (Å²) in [5.41, 5.74) is 0.987. The summed E-state index contributed by atoms with van der Waals surface area (Å²) in [5, 5.41) is 6.10. The van der Waals surface area contributed by atoms with E-state index in [9.17, 15) is 0 Å². The number of nitrogens with zero attached hydrogens (tertiary/aromatic N) is 2. The molecule has 0 amide bonds. The molecule has 0 bridgehead atoms. The van der Waals surface area contributed by atoms with E-state index < -0.39 is 0 Å². The molecule has 0 saturated carbocycles. The molecule has 1 aromatic rings. The van der Waals surface area contributed by atoms with Gasteiger partial charge in [0.2, 0.25) is 0 Å². The minimum atomic E-state index is 0.718. The molecule has 66 valence electrons. The fourth-order valence-corrected chi connectivity index (χ4v) is 0.986. The molecule has 12 heavy (non-hydrogen) atoms. The van der Waals surface area contributed by atoms with Crippen LogP contribution in [0.25, 0.3) is 0 Å². The van der Waals surface area contributed by atoms with Crippen molar-refractivity contribution in [3.05, 3.63) is 17.6 Å². The third-order valence-electron chi connectivity index (χ3n) is 1.41. The maximum absolute atomic E-state index is 4.21. The van der Waals surface area contributed by atoms with Gasteiger partial charge >= 0.3 is 0 Å². The maximum Gasteiger partial charge on any atom is 0.130 e. The average molecular weight is 166 g/mol. The molecule has 0 aliphatic rings. The van der Waals surface area contributed by atoms with E-state index in [4.69, 9.17) is 0 Å². The van der Waals surface area contributed by atoms with E-state index in [0.29, 0.717) is 0 Å². The zero-order valence-electron chi connectivity index (χ0n) is 7.68. The van der Waals surface area contributed by atoms with Crippen LogP contribution >= 0.6 is 0 Å². The van der Waals surface area contributed by atoms with E-state index in [1.54, 1.807) is 0 Å². The van der Waals surface area contributed by atoms with Crippen LogP contribution in [-0.4, -0.2) is 23.7 Å². The molecular weight excluding hydrogens is 152 g/mol. The number of nitrogens with one attached hydrogen (secondary N) is 2. The van der Waals surface area contributed by atoms with Gasteiger partial charge in [0, 0.05) is 11.8 Å². The predicted octanol–water partition coefficient (Wildman–Crippen LogP) is 0.682. The number of rotatable bonds is 3. The van der Waals surface area contributed by atoms with Crippen LogP contribution in [0, 0.1) is 13.8 Å². The lowest BCUT2D eigenvalue weighted by Gasteiger charge is -2.05. The highest BCUT2D eigenvalue weighted by atomic mass is 15.1. The smallest absolute Gasteiger partial charge is 0.130 e. The molecule has 0 spiro atoms. The summed E-state index contributed by atoms with van der Waals surface area (Å²) in [4.78, 5) is 8.38. The first-order valence-corrected chi connectivity index (χ1v) is 3.93. The van der Waals surface area contributed by atoms with Gasteiger partial charge in [-0.2, -0.15) is 0 Å². The molecule has 2 N–H and O–H groups in total. The van der Waals surface area contributed by atoms with Crippen LogP contribution in [0.5, 0.6) is 0 Å². The first-order chi connectivity index (χ1) is 5.72. The van der Waals surface area contributed by atoms with Crippen molar-refractivity contribution in [3.8, 4) is 0 Å². The molecule has 0 aromatic carbocycles. The summed E-state index contributed by atoms with van der Waals surface area (Å²) in [7, 11) is 1.88. The highest BCUT2D eigenvalue weighted by molar-refractivity contribution is 5.35. The van der Waals surface area contributed by atoms with Crippen molar-refractivity contribution in [1.82, 2.24) is 15.3 Å². The molecule has 1 heterocycles. The number of hydrogen-bond donors (Lipinski definition) is 2. The minimum absolute atomic E-state index is 0.718. The number of anilines is 1. The maximum atomic E-state index is 4.21. The van der Waals surface area contributed by atoms with E-state index in [1.165, 1.54) is 0 Å². The lowest BCUT2D eigenvalue weighted by Crippen LogP contribution is -2.17. The van der Waals surface area contributed by atoms with Crippen LogP contribution in [0.1, 0.15) is 11.5 Å². The van der Waals surface area contributed by atoms with E-state index in [2.05, 4.69) is 20.6 Å². The highest BCUT2D eigenvalue weighted by Crippen LogP contribution is 2.03. The zero-order chi connectivity index (χ0) is 8.97. The van der Waals surface area contributed by atoms with Gasteiger partial charge in [0.15, 0.2) is 0 Å². The number of hydrogen-bond acceptors (Lipinski definition) is 4. The predicted molar refractivity (Wildman–Crippen MR) is 49.1 cm³/mol. The molecular formula is C8H14N4. The molecule has 0 aliphatic heterocycles. The second kappa shape index (κ2) is 4.01. The Labute approximate surface area is 72.4 Å². The standard InChI is InChI=1S/C8H14N4/c1-6-4-8(10-5-9-3)12-7(2)11-6/h4,9H,5H2,1-3H3,(H,10,11,12). The molecule has 0 unspecified atom stereocenters. The Morgan fingerprint density at radius 3 is 2.67 bits per heavy atom. The van der Waals surface area contributed by atoms with Gasteiger partial charge in [-0.25, -0.2) is 9.97 Å².